The molecule has 9 nitrogen and oxygen atoms in total. The number of halogens is 2. The van der Waals surface area contributed by atoms with Gasteiger partial charge in [0.2, 0.25) is 5.43 Å². The molecule has 0 bridgehead atoms. The highest BCUT2D eigenvalue weighted by molar-refractivity contribution is 6.31. The van der Waals surface area contributed by atoms with Gasteiger partial charge in [0.25, 0.3) is 5.91 Å². The molecule has 1 saturated carbocycles. The summed E-state index contributed by atoms with van der Waals surface area (Å²) in [7, 11) is 0. The lowest BCUT2D eigenvalue weighted by atomic mass is 10.1. The zero-order valence-electron chi connectivity index (χ0n) is 25.1. The number of fused-ring (bicyclic) bond motifs is 1. The number of hydrogen-bond acceptors (Lipinski definition) is 6. The zero-order valence-corrected chi connectivity index (χ0v) is 25.8. The Morgan fingerprint density at radius 3 is 2.41 bits per heavy atom. The molecule has 1 aliphatic carbocycles. The van der Waals surface area contributed by atoms with E-state index < -0.39 is 28.8 Å². The standard InChI is InChI=1S/C33H34ClFN4O5/c1-19-5-10-29(43-19)22-9-6-20(34)15-26(22)36-31(41)24-18-39(21-7-8-21)27-17-28(25(35)16-23(27)30(24)40)37-11-13-38(14-12-37)32(42)44-33(2,3)4/h5-6,9-10,15-18,21H,7-8,11-14H2,1-4H3,(H,36,41). The fourth-order valence-electron chi connectivity index (χ4n) is 5.48. The van der Waals surface area contributed by atoms with Crippen LogP contribution in [0.4, 0.5) is 20.6 Å². The van der Waals surface area contributed by atoms with Crippen LogP contribution in [0.3, 0.4) is 0 Å². The number of pyridine rings is 1. The lowest BCUT2D eigenvalue weighted by Gasteiger charge is -2.37. The minimum Gasteiger partial charge on any atom is -0.461 e. The molecule has 230 valence electrons. The van der Waals surface area contributed by atoms with E-state index in [2.05, 4.69) is 5.32 Å². The summed E-state index contributed by atoms with van der Waals surface area (Å²) in [4.78, 5) is 43.3. The highest BCUT2D eigenvalue weighted by Crippen LogP contribution is 2.39. The number of ether oxygens (including phenoxy) is 1. The first-order valence-corrected chi connectivity index (χ1v) is 15.0. The second kappa shape index (κ2) is 11.3. The molecule has 1 aliphatic heterocycles. The summed E-state index contributed by atoms with van der Waals surface area (Å²) in [6, 6.07) is 11.6. The molecule has 1 N–H and O–H groups in total. The van der Waals surface area contributed by atoms with Gasteiger partial charge in [-0.15, -0.1) is 0 Å². The van der Waals surface area contributed by atoms with Crippen LogP contribution < -0.4 is 15.6 Å². The predicted molar refractivity (Wildman–Crippen MR) is 168 cm³/mol. The number of rotatable bonds is 5. The predicted octanol–water partition coefficient (Wildman–Crippen LogP) is 7.01. The number of benzene rings is 2. The second-order valence-electron chi connectivity index (χ2n) is 12.3. The Labute approximate surface area is 259 Å². The van der Waals surface area contributed by atoms with E-state index in [9.17, 15) is 14.4 Å². The molecule has 1 saturated heterocycles. The molecule has 44 heavy (non-hydrogen) atoms. The van der Waals surface area contributed by atoms with E-state index in [1.54, 1.807) is 41.4 Å². The Hall–Kier alpha value is -4.31. The van der Waals surface area contributed by atoms with Gasteiger partial charge in [0.1, 0.15) is 28.5 Å². The summed E-state index contributed by atoms with van der Waals surface area (Å²) in [6.45, 7) is 8.85. The largest absolute Gasteiger partial charge is 0.461 e. The maximum Gasteiger partial charge on any atom is 0.410 e. The van der Waals surface area contributed by atoms with Crippen LogP contribution in [-0.4, -0.2) is 53.2 Å². The van der Waals surface area contributed by atoms with Crippen LogP contribution in [0, 0.1) is 12.7 Å². The Kier molecular flexibility index (Phi) is 7.65. The maximum absolute atomic E-state index is 15.7. The molecule has 0 unspecified atom stereocenters. The van der Waals surface area contributed by atoms with Gasteiger partial charge in [-0.1, -0.05) is 11.6 Å². The van der Waals surface area contributed by atoms with Crippen LogP contribution in [0.2, 0.25) is 5.02 Å². The molecule has 4 aromatic rings. The van der Waals surface area contributed by atoms with Crippen LogP contribution in [-0.2, 0) is 4.74 Å². The number of furan rings is 1. The average molecular weight is 621 g/mol. The number of anilines is 2. The van der Waals surface area contributed by atoms with Crippen molar-refractivity contribution in [1.82, 2.24) is 9.47 Å². The van der Waals surface area contributed by atoms with Gasteiger partial charge in [0, 0.05) is 54.4 Å². The van der Waals surface area contributed by atoms with E-state index in [0.717, 1.165) is 12.8 Å². The third kappa shape index (κ3) is 6.04. The summed E-state index contributed by atoms with van der Waals surface area (Å²) >= 11 is 6.25. The van der Waals surface area contributed by atoms with Crippen LogP contribution in [0.1, 0.15) is 55.8 Å². The Morgan fingerprint density at radius 1 is 1.05 bits per heavy atom. The molecule has 0 radical (unpaired) electrons. The number of hydrogen-bond donors (Lipinski definition) is 1. The minimum absolute atomic E-state index is 0.0934. The SMILES string of the molecule is Cc1ccc(-c2ccc(Cl)cc2NC(=O)c2cn(C3CC3)c3cc(N4CCN(C(=O)OC(C)(C)C)CC4)c(F)cc3c2=O)o1. The molecular weight excluding hydrogens is 587 g/mol. The van der Waals surface area contributed by atoms with Gasteiger partial charge < -0.3 is 28.8 Å². The first kappa shape index (κ1) is 29.7. The highest BCUT2D eigenvalue weighted by Gasteiger charge is 2.30. The number of nitrogens with zero attached hydrogens (tertiary/aromatic N) is 3. The van der Waals surface area contributed by atoms with Crippen molar-refractivity contribution in [1.29, 1.82) is 0 Å². The number of carbonyl (C=O) groups is 2. The van der Waals surface area contributed by atoms with Crippen molar-refractivity contribution < 1.29 is 23.1 Å². The molecule has 2 aliphatic rings. The minimum atomic E-state index is -0.624. The third-order valence-electron chi connectivity index (χ3n) is 7.79. The monoisotopic (exact) mass is 620 g/mol. The number of nitrogens with one attached hydrogen (secondary N) is 1. The smallest absolute Gasteiger partial charge is 0.410 e. The lowest BCUT2D eigenvalue weighted by molar-refractivity contribution is 0.0240. The van der Waals surface area contributed by atoms with E-state index >= 15 is 4.39 Å². The van der Waals surface area contributed by atoms with Crippen molar-refractivity contribution in [3.05, 3.63) is 81.0 Å². The summed E-state index contributed by atoms with van der Waals surface area (Å²) in [5.74, 6) is 0.0664. The topological polar surface area (TPSA) is 97.0 Å². The van der Waals surface area contributed by atoms with Gasteiger partial charge >= 0.3 is 6.09 Å². The number of aromatic nitrogens is 1. The quantitative estimate of drug-likeness (QED) is 0.258. The molecule has 2 fully saturated rings. The van der Waals surface area contributed by atoms with E-state index in [1.807, 2.05) is 43.2 Å². The lowest BCUT2D eigenvalue weighted by Crippen LogP contribution is -2.50. The fraction of sp³-hybridized carbons (Fsp3) is 0.364. The van der Waals surface area contributed by atoms with Gasteiger partial charge in [-0.2, -0.15) is 0 Å². The Balaban J connectivity index is 1.31. The molecule has 11 heteroatoms. The van der Waals surface area contributed by atoms with Crippen LogP contribution in [0.25, 0.3) is 22.2 Å². The highest BCUT2D eigenvalue weighted by atomic mass is 35.5. The Bertz CT molecular complexity index is 1830. The van der Waals surface area contributed by atoms with E-state index in [1.165, 1.54) is 6.07 Å². The fourth-order valence-corrected chi connectivity index (χ4v) is 5.65. The van der Waals surface area contributed by atoms with Crippen molar-refractivity contribution in [2.75, 3.05) is 36.4 Å². The van der Waals surface area contributed by atoms with Crippen molar-refractivity contribution in [2.24, 2.45) is 0 Å². The van der Waals surface area contributed by atoms with E-state index in [-0.39, 0.29) is 17.0 Å². The van der Waals surface area contributed by atoms with Crippen LogP contribution >= 0.6 is 11.6 Å². The van der Waals surface area contributed by atoms with Crippen molar-refractivity contribution in [3.63, 3.8) is 0 Å². The molecule has 0 spiro atoms. The summed E-state index contributed by atoms with van der Waals surface area (Å²) in [5.41, 5.74) is 0.661. The van der Waals surface area contributed by atoms with Crippen molar-refractivity contribution >= 4 is 45.9 Å². The van der Waals surface area contributed by atoms with Gasteiger partial charge in [0.05, 0.1) is 16.9 Å². The molecule has 3 heterocycles. The van der Waals surface area contributed by atoms with E-state index in [0.29, 0.717) is 65.2 Å². The maximum atomic E-state index is 15.7. The summed E-state index contributed by atoms with van der Waals surface area (Å²) in [6.07, 6.45) is 2.95. The summed E-state index contributed by atoms with van der Waals surface area (Å²) < 4.78 is 28.8. The van der Waals surface area contributed by atoms with Gasteiger partial charge in [-0.05, 0) is 83.0 Å². The normalized spacial score (nSPS) is 15.5. The number of carbonyl (C=O) groups excluding carboxylic acids is 2. The molecule has 2 amide bonds. The molecule has 2 aromatic heterocycles. The first-order chi connectivity index (χ1) is 20.9. The molecular formula is C33H34ClFN4O5. The van der Waals surface area contributed by atoms with Crippen molar-refractivity contribution in [2.45, 2.75) is 52.2 Å². The zero-order chi connectivity index (χ0) is 31.3. The molecule has 6 rings (SSSR count). The molecule has 0 atom stereocenters. The van der Waals surface area contributed by atoms with E-state index in [4.69, 9.17) is 20.8 Å². The van der Waals surface area contributed by atoms with Gasteiger partial charge in [0.15, 0.2) is 0 Å². The van der Waals surface area contributed by atoms with Crippen molar-refractivity contribution in [3.8, 4) is 11.3 Å². The third-order valence-corrected chi connectivity index (χ3v) is 8.03. The second-order valence-corrected chi connectivity index (χ2v) is 12.8. The number of aryl methyl sites for hydroxylation is 1. The van der Waals surface area contributed by atoms with Gasteiger partial charge in [-0.25, -0.2) is 9.18 Å². The molecule has 2 aromatic carbocycles. The summed E-state index contributed by atoms with van der Waals surface area (Å²) in [5, 5.41) is 3.37. The Morgan fingerprint density at radius 2 is 1.77 bits per heavy atom. The average Bonchev–Trinajstić information content (AvgIpc) is 3.72. The van der Waals surface area contributed by atoms with Crippen LogP contribution in [0.15, 0.2) is 57.9 Å². The van der Waals surface area contributed by atoms with Crippen LogP contribution in [0.5, 0.6) is 0 Å². The first-order valence-electron chi connectivity index (χ1n) is 14.7. The van der Waals surface area contributed by atoms with Gasteiger partial charge in [-0.3, -0.25) is 9.59 Å². The number of piperazine rings is 1. The number of amides is 2.